The first-order chi connectivity index (χ1) is 9.52. The van der Waals surface area contributed by atoms with Crippen LogP contribution in [-0.4, -0.2) is 23.2 Å². The number of aliphatic carboxylic acids is 1. The van der Waals surface area contributed by atoms with Gasteiger partial charge in [0.25, 0.3) is 0 Å². The topological polar surface area (TPSA) is 66.4 Å². The van der Waals surface area contributed by atoms with E-state index < -0.39 is 11.9 Å². The van der Waals surface area contributed by atoms with Gasteiger partial charge in [-0.3, -0.25) is 9.59 Å². The number of carbonyl (C=O) groups excluding carboxylic acids is 1. The number of carbonyl (C=O) groups is 2. The number of aryl methyl sites for hydroxylation is 1. The monoisotopic (exact) mass is 293 g/mol. The molecule has 2 rings (SSSR count). The summed E-state index contributed by atoms with van der Waals surface area (Å²) >= 11 is 1.65. The van der Waals surface area contributed by atoms with Crippen LogP contribution >= 0.6 is 11.8 Å². The summed E-state index contributed by atoms with van der Waals surface area (Å²) in [7, 11) is 0. The van der Waals surface area contributed by atoms with Gasteiger partial charge in [0.15, 0.2) is 0 Å². The zero-order valence-electron chi connectivity index (χ0n) is 11.7. The molecule has 4 nitrogen and oxygen atoms in total. The zero-order valence-corrected chi connectivity index (χ0v) is 12.5. The number of rotatable bonds is 5. The summed E-state index contributed by atoms with van der Waals surface area (Å²) in [6.45, 7) is 2.49. The molecule has 0 aliphatic heterocycles. The lowest BCUT2D eigenvalue weighted by atomic mass is 9.73. The summed E-state index contributed by atoms with van der Waals surface area (Å²) in [5, 5.41) is 11.8. The van der Waals surface area contributed by atoms with Gasteiger partial charge in [-0.1, -0.05) is 12.1 Å². The number of carboxylic acids is 1. The Morgan fingerprint density at radius 2 is 2.05 bits per heavy atom. The highest BCUT2D eigenvalue weighted by molar-refractivity contribution is 7.98. The predicted molar refractivity (Wildman–Crippen MR) is 78.7 cm³/mol. The van der Waals surface area contributed by atoms with Gasteiger partial charge in [0, 0.05) is 11.4 Å². The molecule has 0 spiro atoms. The van der Waals surface area contributed by atoms with E-state index in [4.69, 9.17) is 5.11 Å². The summed E-state index contributed by atoms with van der Waals surface area (Å²) in [5.74, 6) is -1.88. The van der Waals surface area contributed by atoms with Crippen molar-refractivity contribution < 1.29 is 14.7 Å². The fourth-order valence-corrected chi connectivity index (χ4v) is 3.13. The predicted octanol–water partition coefficient (Wildman–Crippen LogP) is 2.44. The van der Waals surface area contributed by atoms with Gasteiger partial charge in [-0.05, 0) is 43.2 Å². The molecule has 20 heavy (non-hydrogen) atoms. The van der Waals surface area contributed by atoms with Gasteiger partial charge in [0.2, 0.25) is 5.91 Å². The van der Waals surface area contributed by atoms with Crippen LogP contribution in [0.2, 0.25) is 0 Å². The lowest BCUT2D eigenvalue weighted by Crippen LogP contribution is -2.43. The van der Waals surface area contributed by atoms with Gasteiger partial charge < -0.3 is 10.4 Å². The fourth-order valence-electron chi connectivity index (χ4n) is 2.42. The third-order valence-electron chi connectivity index (χ3n) is 3.82. The second kappa shape index (κ2) is 6.31. The molecule has 2 atom stereocenters. The fraction of sp³-hybridized carbons (Fsp3) is 0.467. The highest BCUT2D eigenvalue weighted by Crippen LogP contribution is 2.34. The number of hydrogen-bond donors (Lipinski definition) is 2. The third kappa shape index (κ3) is 3.15. The first-order valence-corrected chi connectivity index (χ1v) is 7.89. The maximum Gasteiger partial charge on any atom is 0.307 e. The lowest BCUT2D eigenvalue weighted by molar-refractivity contribution is -0.152. The Morgan fingerprint density at radius 3 is 2.60 bits per heavy atom. The molecule has 108 valence electrons. The minimum absolute atomic E-state index is 0.142. The molecule has 1 aromatic carbocycles. The van der Waals surface area contributed by atoms with Crippen LogP contribution in [-0.2, 0) is 16.1 Å². The summed E-state index contributed by atoms with van der Waals surface area (Å²) in [4.78, 5) is 24.1. The maximum atomic E-state index is 12.0. The smallest absolute Gasteiger partial charge is 0.307 e. The second-order valence-electron chi connectivity index (χ2n) is 5.16. The zero-order chi connectivity index (χ0) is 14.7. The quantitative estimate of drug-likeness (QED) is 0.818. The molecule has 0 bridgehead atoms. The number of benzene rings is 1. The highest BCUT2D eigenvalue weighted by Gasteiger charge is 2.41. The van der Waals surface area contributed by atoms with Crippen LogP contribution in [0.4, 0.5) is 0 Å². The molecular weight excluding hydrogens is 274 g/mol. The van der Waals surface area contributed by atoms with E-state index >= 15 is 0 Å². The van der Waals surface area contributed by atoms with Crippen molar-refractivity contribution in [1.82, 2.24) is 5.32 Å². The van der Waals surface area contributed by atoms with Gasteiger partial charge in [0.05, 0.1) is 11.8 Å². The van der Waals surface area contributed by atoms with Crippen LogP contribution in [0.5, 0.6) is 0 Å². The van der Waals surface area contributed by atoms with Crippen LogP contribution in [0.25, 0.3) is 0 Å². The Labute approximate surface area is 123 Å². The standard InChI is InChI=1S/C15H19NO3S/c1-9-3-4-10(13(7-9)20-2)8-16-14(17)11-5-6-12(11)15(18)19/h3-4,7,11-12H,5-6,8H2,1-2H3,(H,16,17)(H,18,19). The van der Waals surface area contributed by atoms with Crippen LogP contribution < -0.4 is 5.32 Å². The minimum Gasteiger partial charge on any atom is -0.481 e. The van der Waals surface area contributed by atoms with Crippen LogP contribution in [0.1, 0.15) is 24.0 Å². The Hall–Kier alpha value is -1.49. The molecular formula is C15H19NO3S. The van der Waals surface area contributed by atoms with Gasteiger partial charge >= 0.3 is 5.97 Å². The van der Waals surface area contributed by atoms with Crippen molar-refractivity contribution >= 4 is 23.6 Å². The molecule has 0 radical (unpaired) electrons. The van der Waals surface area contributed by atoms with E-state index in [9.17, 15) is 9.59 Å². The Balaban J connectivity index is 1.95. The van der Waals surface area contributed by atoms with Crippen molar-refractivity contribution in [1.29, 1.82) is 0 Å². The third-order valence-corrected chi connectivity index (χ3v) is 4.64. The first-order valence-electron chi connectivity index (χ1n) is 6.67. The summed E-state index contributed by atoms with van der Waals surface area (Å²) in [6.07, 6.45) is 3.28. The average molecular weight is 293 g/mol. The summed E-state index contributed by atoms with van der Waals surface area (Å²) in [6, 6.07) is 6.12. The highest BCUT2D eigenvalue weighted by atomic mass is 32.2. The van der Waals surface area contributed by atoms with Crippen LogP contribution in [0.15, 0.2) is 23.1 Å². The molecule has 0 aromatic heterocycles. The van der Waals surface area contributed by atoms with Gasteiger partial charge in [-0.25, -0.2) is 0 Å². The summed E-state index contributed by atoms with van der Waals surface area (Å²) in [5.41, 5.74) is 2.26. The van der Waals surface area contributed by atoms with Gasteiger partial charge in [0.1, 0.15) is 0 Å². The molecule has 1 aromatic rings. The van der Waals surface area contributed by atoms with Crippen molar-refractivity contribution in [3.63, 3.8) is 0 Å². The van der Waals surface area contributed by atoms with E-state index in [1.54, 1.807) is 11.8 Å². The number of carboxylic acid groups (broad SMARTS) is 1. The molecule has 1 aliphatic carbocycles. The molecule has 2 unspecified atom stereocenters. The van der Waals surface area contributed by atoms with Crippen LogP contribution in [0.3, 0.4) is 0 Å². The molecule has 0 heterocycles. The van der Waals surface area contributed by atoms with Gasteiger partial charge in [-0.15, -0.1) is 11.8 Å². The molecule has 1 saturated carbocycles. The van der Waals surface area contributed by atoms with Crippen molar-refractivity contribution in [3.05, 3.63) is 29.3 Å². The normalized spacial score (nSPS) is 21.1. The molecule has 1 fully saturated rings. The summed E-state index contributed by atoms with van der Waals surface area (Å²) < 4.78 is 0. The van der Waals surface area contributed by atoms with Gasteiger partial charge in [-0.2, -0.15) is 0 Å². The Kier molecular flexibility index (Phi) is 4.70. The van der Waals surface area contributed by atoms with Crippen molar-refractivity contribution in [2.24, 2.45) is 11.8 Å². The molecule has 1 aliphatic rings. The van der Waals surface area contributed by atoms with Crippen molar-refractivity contribution in [2.75, 3.05) is 6.26 Å². The molecule has 0 saturated heterocycles. The SMILES string of the molecule is CSc1cc(C)ccc1CNC(=O)C1CCC1C(=O)O. The number of thioether (sulfide) groups is 1. The van der Waals surface area contributed by atoms with E-state index in [1.165, 1.54) is 5.56 Å². The number of amides is 1. The van der Waals surface area contributed by atoms with E-state index in [-0.39, 0.29) is 11.8 Å². The van der Waals surface area contributed by atoms with Crippen molar-refractivity contribution in [2.45, 2.75) is 31.2 Å². The average Bonchev–Trinajstić information content (AvgIpc) is 2.35. The molecule has 2 N–H and O–H groups in total. The molecule has 5 heteroatoms. The minimum atomic E-state index is -0.864. The van der Waals surface area contributed by atoms with Crippen LogP contribution in [0, 0.1) is 18.8 Å². The largest absolute Gasteiger partial charge is 0.481 e. The number of hydrogen-bond acceptors (Lipinski definition) is 3. The lowest BCUT2D eigenvalue weighted by Gasteiger charge is -2.32. The Bertz CT molecular complexity index is 530. The second-order valence-corrected chi connectivity index (χ2v) is 6.01. The maximum absolute atomic E-state index is 12.0. The van der Waals surface area contributed by atoms with E-state index in [0.717, 1.165) is 10.5 Å². The molecule has 1 amide bonds. The first kappa shape index (κ1) is 14.9. The van der Waals surface area contributed by atoms with Crippen molar-refractivity contribution in [3.8, 4) is 0 Å². The van der Waals surface area contributed by atoms with E-state index in [1.807, 2.05) is 25.3 Å². The van der Waals surface area contributed by atoms with E-state index in [0.29, 0.717) is 19.4 Å². The number of nitrogens with one attached hydrogen (secondary N) is 1. The van der Waals surface area contributed by atoms with E-state index in [2.05, 4.69) is 11.4 Å². The Morgan fingerprint density at radius 1 is 1.35 bits per heavy atom.